The van der Waals surface area contributed by atoms with Gasteiger partial charge in [-0.2, -0.15) is 0 Å². The lowest BCUT2D eigenvalue weighted by Gasteiger charge is -2.25. The van der Waals surface area contributed by atoms with E-state index >= 15 is 0 Å². The molecule has 1 N–H and O–H groups in total. The Balaban J connectivity index is 3.88. The van der Waals surface area contributed by atoms with E-state index in [0.29, 0.717) is 6.04 Å². The van der Waals surface area contributed by atoms with E-state index in [9.17, 15) is 0 Å². The SMILES string of the molecule is CCCC(CNC(C)C)C(C)CCOC. The van der Waals surface area contributed by atoms with Crippen LogP contribution in [0.25, 0.3) is 0 Å². The standard InChI is InChI=1S/C13H29NO/c1-6-7-13(10-14-11(2)3)12(4)8-9-15-5/h11-14H,6-10H2,1-5H3. The highest BCUT2D eigenvalue weighted by atomic mass is 16.5. The molecule has 0 saturated heterocycles. The molecular formula is C13H29NO. The lowest BCUT2D eigenvalue weighted by molar-refractivity contribution is 0.161. The quantitative estimate of drug-likeness (QED) is 0.638. The molecule has 0 aromatic carbocycles. The maximum Gasteiger partial charge on any atom is 0.0464 e. The van der Waals surface area contributed by atoms with Gasteiger partial charge in [0, 0.05) is 19.8 Å². The first-order chi connectivity index (χ1) is 7.11. The molecule has 92 valence electrons. The van der Waals surface area contributed by atoms with Gasteiger partial charge in [0.2, 0.25) is 0 Å². The minimum atomic E-state index is 0.596. The molecule has 0 bridgehead atoms. The molecule has 2 nitrogen and oxygen atoms in total. The first-order valence-corrected chi connectivity index (χ1v) is 6.34. The smallest absolute Gasteiger partial charge is 0.0464 e. The summed E-state index contributed by atoms with van der Waals surface area (Å²) in [5.41, 5.74) is 0. The molecule has 0 aliphatic heterocycles. The number of rotatable bonds is 9. The highest BCUT2D eigenvalue weighted by Gasteiger charge is 2.16. The van der Waals surface area contributed by atoms with Crippen molar-refractivity contribution in [3.05, 3.63) is 0 Å². The van der Waals surface area contributed by atoms with E-state index in [0.717, 1.165) is 25.0 Å². The molecule has 0 heterocycles. The molecule has 0 aliphatic rings. The number of nitrogens with one attached hydrogen (secondary N) is 1. The van der Waals surface area contributed by atoms with Gasteiger partial charge in [0.25, 0.3) is 0 Å². The van der Waals surface area contributed by atoms with Crippen molar-refractivity contribution >= 4 is 0 Å². The van der Waals surface area contributed by atoms with Crippen LogP contribution >= 0.6 is 0 Å². The largest absolute Gasteiger partial charge is 0.385 e. The summed E-state index contributed by atoms with van der Waals surface area (Å²) in [6.07, 6.45) is 3.79. The number of hydrogen-bond acceptors (Lipinski definition) is 2. The summed E-state index contributed by atoms with van der Waals surface area (Å²) < 4.78 is 5.15. The van der Waals surface area contributed by atoms with Crippen molar-refractivity contribution < 1.29 is 4.74 Å². The molecule has 0 aromatic rings. The minimum Gasteiger partial charge on any atom is -0.385 e. The lowest BCUT2D eigenvalue weighted by atomic mass is 9.87. The van der Waals surface area contributed by atoms with Crippen LogP contribution in [0.3, 0.4) is 0 Å². The summed E-state index contributed by atoms with van der Waals surface area (Å²) in [5.74, 6) is 1.56. The van der Waals surface area contributed by atoms with Crippen LogP contribution in [0, 0.1) is 11.8 Å². The number of methoxy groups -OCH3 is 1. The van der Waals surface area contributed by atoms with E-state index < -0.39 is 0 Å². The van der Waals surface area contributed by atoms with Crippen molar-refractivity contribution in [2.45, 2.75) is 53.0 Å². The van der Waals surface area contributed by atoms with E-state index in [1.54, 1.807) is 7.11 Å². The maximum atomic E-state index is 5.15. The molecule has 0 radical (unpaired) electrons. The van der Waals surface area contributed by atoms with Gasteiger partial charge in [-0.3, -0.25) is 0 Å². The molecule has 0 saturated carbocycles. The third-order valence-electron chi connectivity index (χ3n) is 3.03. The molecule has 15 heavy (non-hydrogen) atoms. The van der Waals surface area contributed by atoms with Crippen LogP contribution in [0.5, 0.6) is 0 Å². The van der Waals surface area contributed by atoms with E-state index in [1.807, 2.05) is 0 Å². The minimum absolute atomic E-state index is 0.596. The Morgan fingerprint density at radius 1 is 1.13 bits per heavy atom. The van der Waals surface area contributed by atoms with Crippen molar-refractivity contribution in [2.75, 3.05) is 20.3 Å². The fraction of sp³-hybridized carbons (Fsp3) is 1.00. The van der Waals surface area contributed by atoms with Crippen molar-refractivity contribution in [1.82, 2.24) is 5.32 Å². The third-order valence-corrected chi connectivity index (χ3v) is 3.03. The predicted octanol–water partition coefficient (Wildman–Crippen LogP) is 3.07. The van der Waals surface area contributed by atoms with Crippen molar-refractivity contribution in [3.8, 4) is 0 Å². The Hall–Kier alpha value is -0.0800. The molecule has 0 spiro atoms. The van der Waals surface area contributed by atoms with E-state index in [1.165, 1.54) is 19.3 Å². The molecule has 2 heteroatoms. The Morgan fingerprint density at radius 3 is 2.27 bits per heavy atom. The van der Waals surface area contributed by atoms with E-state index in [-0.39, 0.29) is 0 Å². The van der Waals surface area contributed by atoms with Crippen LogP contribution in [-0.4, -0.2) is 26.3 Å². The van der Waals surface area contributed by atoms with Gasteiger partial charge < -0.3 is 10.1 Å². The van der Waals surface area contributed by atoms with Crippen LogP contribution in [0.1, 0.15) is 47.0 Å². The number of hydrogen-bond donors (Lipinski definition) is 1. The Bertz CT molecular complexity index is 136. The topological polar surface area (TPSA) is 21.3 Å². The number of ether oxygens (including phenoxy) is 1. The van der Waals surface area contributed by atoms with Gasteiger partial charge in [-0.1, -0.05) is 34.1 Å². The van der Waals surface area contributed by atoms with Crippen LogP contribution in [0.4, 0.5) is 0 Å². The van der Waals surface area contributed by atoms with Gasteiger partial charge >= 0.3 is 0 Å². The van der Waals surface area contributed by atoms with Gasteiger partial charge in [-0.15, -0.1) is 0 Å². The fourth-order valence-corrected chi connectivity index (χ4v) is 1.89. The van der Waals surface area contributed by atoms with Crippen LogP contribution < -0.4 is 5.32 Å². The predicted molar refractivity (Wildman–Crippen MR) is 67.2 cm³/mol. The molecule has 0 aliphatic carbocycles. The molecule has 2 atom stereocenters. The average Bonchev–Trinajstić information content (AvgIpc) is 2.20. The first kappa shape index (κ1) is 14.9. The van der Waals surface area contributed by atoms with E-state index in [2.05, 4.69) is 33.0 Å². The molecule has 0 fully saturated rings. The van der Waals surface area contributed by atoms with Crippen LogP contribution in [0.15, 0.2) is 0 Å². The molecule has 0 rings (SSSR count). The van der Waals surface area contributed by atoms with Gasteiger partial charge in [0.05, 0.1) is 0 Å². The first-order valence-electron chi connectivity index (χ1n) is 6.34. The Labute approximate surface area is 95.8 Å². The third kappa shape index (κ3) is 7.80. The summed E-state index contributed by atoms with van der Waals surface area (Å²) in [6, 6.07) is 0.596. The van der Waals surface area contributed by atoms with Crippen molar-refractivity contribution in [2.24, 2.45) is 11.8 Å². The summed E-state index contributed by atoms with van der Waals surface area (Å²) >= 11 is 0. The average molecular weight is 215 g/mol. The molecule has 2 unspecified atom stereocenters. The second-order valence-electron chi connectivity index (χ2n) is 4.87. The normalized spacial score (nSPS) is 15.6. The Morgan fingerprint density at radius 2 is 1.80 bits per heavy atom. The summed E-state index contributed by atoms with van der Waals surface area (Å²) in [5, 5.41) is 3.55. The molecule has 0 aromatic heterocycles. The zero-order valence-electron chi connectivity index (χ0n) is 11.2. The van der Waals surface area contributed by atoms with Crippen LogP contribution in [-0.2, 0) is 4.74 Å². The summed E-state index contributed by atoms with van der Waals surface area (Å²) in [7, 11) is 1.79. The lowest BCUT2D eigenvalue weighted by Crippen LogP contribution is -2.32. The molecule has 0 amide bonds. The monoisotopic (exact) mass is 215 g/mol. The summed E-state index contributed by atoms with van der Waals surface area (Å²) in [4.78, 5) is 0. The van der Waals surface area contributed by atoms with Gasteiger partial charge in [0.15, 0.2) is 0 Å². The van der Waals surface area contributed by atoms with Crippen LogP contribution in [0.2, 0.25) is 0 Å². The van der Waals surface area contributed by atoms with Gasteiger partial charge in [-0.05, 0) is 31.2 Å². The van der Waals surface area contributed by atoms with E-state index in [4.69, 9.17) is 4.74 Å². The highest BCUT2D eigenvalue weighted by molar-refractivity contribution is 4.70. The fourth-order valence-electron chi connectivity index (χ4n) is 1.89. The second kappa shape index (κ2) is 9.17. The van der Waals surface area contributed by atoms with Crippen molar-refractivity contribution in [1.29, 1.82) is 0 Å². The van der Waals surface area contributed by atoms with Crippen molar-refractivity contribution in [3.63, 3.8) is 0 Å². The van der Waals surface area contributed by atoms with Gasteiger partial charge in [0.1, 0.15) is 0 Å². The second-order valence-corrected chi connectivity index (χ2v) is 4.87. The zero-order chi connectivity index (χ0) is 11.7. The molecular weight excluding hydrogens is 186 g/mol. The Kier molecular flexibility index (Phi) is 9.12. The van der Waals surface area contributed by atoms with Gasteiger partial charge in [-0.25, -0.2) is 0 Å². The zero-order valence-corrected chi connectivity index (χ0v) is 11.2. The summed E-state index contributed by atoms with van der Waals surface area (Å²) in [6.45, 7) is 11.1. The maximum absolute atomic E-state index is 5.15. The highest BCUT2D eigenvalue weighted by Crippen LogP contribution is 2.20.